The van der Waals surface area contributed by atoms with Crippen LogP contribution in [-0.4, -0.2) is 84.9 Å². The summed E-state index contributed by atoms with van der Waals surface area (Å²) in [6, 6.07) is 14.2. The van der Waals surface area contributed by atoms with Gasteiger partial charge in [0.15, 0.2) is 0 Å². The molecule has 3 heterocycles. The largest absolute Gasteiger partial charge is 0.366 e. The normalized spacial score (nSPS) is 16.0. The second kappa shape index (κ2) is 12.0. The number of nitrogens with zero attached hydrogens (tertiary/aromatic N) is 4. The molecule has 0 unspecified atom stereocenters. The first-order chi connectivity index (χ1) is 19.0. The van der Waals surface area contributed by atoms with Gasteiger partial charge in [0.25, 0.3) is 17.7 Å². The Morgan fingerprint density at radius 2 is 1.51 bits per heavy atom. The molecule has 0 aliphatic carbocycles. The van der Waals surface area contributed by atoms with E-state index >= 15 is 0 Å². The number of hydrogen-bond acceptors (Lipinski definition) is 6. The second-order valence-electron chi connectivity index (χ2n) is 9.61. The quantitative estimate of drug-likeness (QED) is 0.527. The summed E-state index contributed by atoms with van der Waals surface area (Å²) < 4.78 is 13.8. The van der Waals surface area contributed by atoms with E-state index in [2.05, 4.69) is 20.5 Å². The van der Waals surface area contributed by atoms with Gasteiger partial charge < -0.3 is 25.3 Å². The summed E-state index contributed by atoms with van der Waals surface area (Å²) in [4.78, 5) is 48.9. The van der Waals surface area contributed by atoms with Gasteiger partial charge in [-0.3, -0.25) is 19.4 Å². The molecule has 0 bridgehead atoms. The Morgan fingerprint density at radius 1 is 0.769 bits per heavy atom. The summed E-state index contributed by atoms with van der Waals surface area (Å²) in [6.07, 6.45) is 4.07. The van der Waals surface area contributed by atoms with Crippen molar-refractivity contribution in [2.75, 3.05) is 62.6 Å². The lowest BCUT2D eigenvalue weighted by molar-refractivity contribution is 0.0743. The minimum Gasteiger partial charge on any atom is -0.366 e. The molecule has 2 aliphatic rings. The van der Waals surface area contributed by atoms with Crippen LogP contribution in [0.1, 0.15) is 37.5 Å². The Morgan fingerprint density at radius 3 is 2.28 bits per heavy atom. The van der Waals surface area contributed by atoms with E-state index < -0.39 is 11.7 Å². The number of aromatic nitrogens is 1. The summed E-state index contributed by atoms with van der Waals surface area (Å²) >= 11 is 0. The number of piperazine rings is 1. The summed E-state index contributed by atoms with van der Waals surface area (Å²) in [5.41, 5.74) is 2.46. The number of nitrogens with one attached hydrogen (secondary N) is 2. The van der Waals surface area contributed by atoms with Gasteiger partial charge >= 0.3 is 0 Å². The molecule has 9 nitrogen and oxygen atoms in total. The van der Waals surface area contributed by atoms with Crippen LogP contribution in [0.15, 0.2) is 67.0 Å². The number of halogens is 1. The molecular formula is C29H31FN6O3. The Labute approximate surface area is 226 Å². The van der Waals surface area contributed by atoms with Gasteiger partial charge in [-0.25, -0.2) is 4.39 Å². The first-order valence-corrected chi connectivity index (χ1v) is 13.1. The second-order valence-corrected chi connectivity index (χ2v) is 9.61. The average molecular weight is 531 g/mol. The van der Waals surface area contributed by atoms with Crippen LogP contribution in [0, 0.1) is 5.82 Å². The highest BCUT2D eigenvalue weighted by Gasteiger charge is 2.26. The molecule has 2 saturated heterocycles. The van der Waals surface area contributed by atoms with E-state index in [0.717, 1.165) is 25.2 Å². The molecule has 2 N–H and O–H groups in total. The average Bonchev–Trinajstić information content (AvgIpc) is 3.27. The summed E-state index contributed by atoms with van der Waals surface area (Å²) in [5, 5.41) is 6.20. The molecule has 3 amide bonds. The molecular weight excluding hydrogens is 499 g/mol. The van der Waals surface area contributed by atoms with Crippen LogP contribution in [0.5, 0.6) is 0 Å². The van der Waals surface area contributed by atoms with E-state index in [9.17, 15) is 18.8 Å². The zero-order valence-electron chi connectivity index (χ0n) is 21.6. The number of pyridine rings is 1. The minimum absolute atomic E-state index is 0.0513. The highest BCUT2D eigenvalue weighted by atomic mass is 19.1. The molecule has 5 rings (SSSR count). The fraction of sp³-hybridized carbons (Fsp3) is 0.310. The van der Waals surface area contributed by atoms with Gasteiger partial charge in [0.05, 0.1) is 11.4 Å². The smallest absolute Gasteiger partial charge is 0.255 e. The van der Waals surface area contributed by atoms with Gasteiger partial charge in [-0.1, -0.05) is 6.07 Å². The van der Waals surface area contributed by atoms with Crippen LogP contribution in [0.3, 0.4) is 0 Å². The molecule has 2 aromatic carbocycles. The third-order valence-corrected chi connectivity index (χ3v) is 7.04. The van der Waals surface area contributed by atoms with Gasteiger partial charge in [-0.2, -0.15) is 0 Å². The summed E-state index contributed by atoms with van der Waals surface area (Å²) in [5.74, 6) is -1.12. The van der Waals surface area contributed by atoms with Crippen molar-refractivity contribution >= 4 is 29.1 Å². The molecule has 0 saturated carbocycles. The minimum atomic E-state index is -0.503. The van der Waals surface area contributed by atoms with Crippen molar-refractivity contribution in [2.45, 2.75) is 6.42 Å². The van der Waals surface area contributed by atoms with Crippen LogP contribution in [0.4, 0.5) is 15.8 Å². The lowest BCUT2D eigenvalue weighted by Crippen LogP contribution is -2.49. The number of rotatable bonds is 5. The summed E-state index contributed by atoms with van der Waals surface area (Å²) in [6.45, 7) is 4.96. The van der Waals surface area contributed by atoms with Gasteiger partial charge in [-0.15, -0.1) is 0 Å². The van der Waals surface area contributed by atoms with E-state index in [4.69, 9.17) is 0 Å². The maximum atomic E-state index is 13.8. The highest BCUT2D eigenvalue weighted by molar-refractivity contribution is 6.07. The predicted octanol–water partition coefficient (Wildman–Crippen LogP) is 2.87. The lowest BCUT2D eigenvalue weighted by Gasteiger charge is -2.37. The zero-order chi connectivity index (χ0) is 27.2. The number of anilines is 2. The molecule has 0 spiro atoms. The number of carbonyl (C=O) groups excluding carboxylic acids is 3. The number of carbonyl (C=O) groups is 3. The topological polar surface area (TPSA) is 97.9 Å². The molecule has 3 aromatic rings. The van der Waals surface area contributed by atoms with Crippen LogP contribution < -0.4 is 15.5 Å². The van der Waals surface area contributed by atoms with Crippen molar-refractivity contribution in [3.05, 3.63) is 89.5 Å². The Hall–Kier alpha value is -4.31. The molecule has 2 fully saturated rings. The number of amides is 3. The van der Waals surface area contributed by atoms with Crippen molar-refractivity contribution < 1.29 is 18.8 Å². The standard InChI is InChI=1S/C29H31FN6O3/c30-24-4-1-3-22(19-24)27(37)33-25-20-23(29(39)35-13-2-9-31-12-14-35)5-6-26(25)34-15-17-36(18-16-34)28(38)21-7-10-32-11-8-21/h1,3-8,10-11,19-20,31H,2,9,12-18H2,(H,33,37). The Balaban J connectivity index is 1.38. The molecule has 202 valence electrons. The van der Waals surface area contributed by atoms with Gasteiger partial charge in [-0.05, 0) is 61.5 Å². The molecule has 2 aliphatic heterocycles. The van der Waals surface area contributed by atoms with E-state index in [1.165, 1.54) is 18.2 Å². The predicted molar refractivity (Wildman–Crippen MR) is 147 cm³/mol. The zero-order valence-corrected chi connectivity index (χ0v) is 21.6. The van der Waals surface area contributed by atoms with Crippen molar-refractivity contribution in [1.82, 2.24) is 20.1 Å². The fourth-order valence-electron chi connectivity index (χ4n) is 4.93. The van der Waals surface area contributed by atoms with Gasteiger partial charge in [0.2, 0.25) is 0 Å². The van der Waals surface area contributed by atoms with Crippen molar-refractivity contribution in [3.63, 3.8) is 0 Å². The maximum absolute atomic E-state index is 13.8. The highest BCUT2D eigenvalue weighted by Crippen LogP contribution is 2.30. The van der Waals surface area contributed by atoms with Crippen molar-refractivity contribution in [3.8, 4) is 0 Å². The first kappa shape index (κ1) is 26.3. The fourth-order valence-corrected chi connectivity index (χ4v) is 4.93. The number of hydrogen-bond donors (Lipinski definition) is 2. The van der Waals surface area contributed by atoms with Crippen molar-refractivity contribution in [2.24, 2.45) is 0 Å². The molecule has 10 heteroatoms. The first-order valence-electron chi connectivity index (χ1n) is 13.1. The van der Waals surface area contributed by atoms with Crippen LogP contribution in [0.2, 0.25) is 0 Å². The lowest BCUT2D eigenvalue weighted by atomic mass is 10.1. The molecule has 0 atom stereocenters. The molecule has 0 radical (unpaired) electrons. The molecule has 39 heavy (non-hydrogen) atoms. The third kappa shape index (κ3) is 6.23. The third-order valence-electron chi connectivity index (χ3n) is 7.04. The van der Waals surface area contributed by atoms with Crippen LogP contribution in [-0.2, 0) is 0 Å². The monoisotopic (exact) mass is 530 g/mol. The van der Waals surface area contributed by atoms with Gasteiger partial charge in [0, 0.05) is 74.9 Å². The van der Waals surface area contributed by atoms with Crippen LogP contribution in [0.25, 0.3) is 0 Å². The summed E-state index contributed by atoms with van der Waals surface area (Å²) in [7, 11) is 0. The van der Waals surface area contributed by atoms with Crippen molar-refractivity contribution in [1.29, 1.82) is 0 Å². The van der Waals surface area contributed by atoms with E-state index in [0.29, 0.717) is 56.1 Å². The SMILES string of the molecule is O=C(Nc1cc(C(=O)N2CCCNCC2)ccc1N1CCN(C(=O)c2ccncc2)CC1)c1cccc(F)c1. The Kier molecular flexibility index (Phi) is 8.12. The van der Waals surface area contributed by atoms with E-state index in [1.807, 2.05) is 11.0 Å². The van der Waals surface area contributed by atoms with E-state index in [-0.39, 0.29) is 17.4 Å². The number of benzene rings is 2. The van der Waals surface area contributed by atoms with Crippen LogP contribution >= 0.6 is 0 Å². The molecule has 1 aromatic heterocycles. The van der Waals surface area contributed by atoms with E-state index in [1.54, 1.807) is 47.6 Å². The Bertz CT molecular complexity index is 1340. The van der Waals surface area contributed by atoms with Gasteiger partial charge in [0.1, 0.15) is 5.82 Å². The maximum Gasteiger partial charge on any atom is 0.255 e.